The van der Waals surface area contributed by atoms with Gasteiger partial charge in [0.25, 0.3) is 0 Å². The van der Waals surface area contributed by atoms with Gasteiger partial charge in [0.15, 0.2) is 5.65 Å². The minimum absolute atomic E-state index is 0.596. The largest absolute Gasteiger partial charge is 0.481 e. The lowest BCUT2D eigenvalue weighted by Crippen LogP contribution is -1.98. The van der Waals surface area contributed by atoms with E-state index in [0.717, 1.165) is 49.2 Å². The van der Waals surface area contributed by atoms with Crippen molar-refractivity contribution in [2.24, 2.45) is 5.73 Å². The van der Waals surface area contributed by atoms with E-state index in [1.807, 2.05) is 12.1 Å². The van der Waals surface area contributed by atoms with E-state index >= 15 is 0 Å². The number of unbranched alkanes of at least 4 members (excludes halogenated alkanes) is 2. The molecule has 0 atom stereocenters. The number of pyridine rings is 1. The van der Waals surface area contributed by atoms with Gasteiger partial charge in [0.2, 0.25) is 5.88 Å². The Hall–Kier alpha value is -1.62. The van der Waals surface area contributed by atoms with Crippen LogP contribution in [-0.4, -0.2) is 28.6 Å². The number of ether oxygens (including phenoxy) is 1. The van der Waals surface area contributed by atoms with Crippen molar-refractivity contribution >= 4 is 11.2 Å². The summed E-state index contributed by atoms with van der Waals surface area (Å²) in [6, 6.07) is 3.77. The van der Waals surface area contributed by atoms with E-state index in [4.69, 9.17) is 10.5 Å². The molecular formula is C12H18N4O. The number of nitrogens with one attached hydrogen (secondary N) is 1. The molecule has 0 radical (unpaired) electrons. The Bertz CT molecular complexity index is 480. The van der Waals surface area contributed by atoms with E-state index in [-0.39, 0.29) is 0 Å². The summed E-state index contributed by atoms with van der Waals surface area (Å²) in [5.74, 6) is 1.58. The second-order valence-corrected chi connectivity index (χ2v) is 4.01. The van der Waals surface area contributed by atoms with Crippen LogP contribution in [0.2, 0.25) is 0 Å². The monoisotopic (exact) mass is 234 g/mol. The summed E-state index contributed by atoms with van der Waals surface area (Å²) in [5.41, 5.74) is 7.13. The molecule has 5 nitrogen and oxygen atoms in total. The maximum Gasteiger partial charge on any atom is 0.215 e. The molecule has 2 aromatic rings. The van der Waals surface area contributed by atoms with Gasteiger partial charge in [-0.05, 0) is 25.5 Å². The van der Waals surface area contributed by atoms with Gasteiger partial charge in [0, 0.05) is 12.5 Å². The Balaban J connectivity index is 2.04. The van der Waals surface area contributed by atoms with Gasteiger partial charge in [-0.2, -0.15) is 4.98 Å². The van der Waals surface area contributed by atoms with Gasteiger partial charge in [-0.3, -0.25) is 0 Å². The number of nitrogens with two attached hydrogens (primary N) is 1. The first-order valence-corrected chi connectivity index (χ1v) is 5.93. The van der Waals surface area contributed by atoms with Crippen molar-refractivity contribution < 1.29 is 4.74 Å². The fourth-order valence-electron chi connectivity index (χ4n) is 1.77. The van der Waals surface area contributed by atoms with Crippen LogP contribution < -0.4 is 10.5 Å². The first kappa shape index (κ1) is 11.9. The van der Waals surface area contributed by atoms with Gasteiger partial charge < -0.3 is 15.5 Å². The summed E-state index contributed by atoms with van der Waals surface area (Å²) in [5, 5.41) is 0. The van der Waals surface area contributed by atoms with E-state index in [2.05, 4.69) is 15.0 Å². The molecule has 0 aromatic carbocycles. The number of nitrogens with zero attached hydrogens (tertiary/aromatic N) is 2. The zero-order valence-electron chi connectivity index (χ0n) is 10.1. The van der Waals surface area contributed by atoms with Crippen LogP contribution in [0.1, 0.15) is 25.1 Å². The molecule has 0 aliphatic carbocycles. The van der Waals surface area contributed by atoms with Crippen LogP contribution in [0, 0.1) is 0 Å². The summed E-state index contributed by atoms with van der Waals surface area (Å²) >= 11 is 0. The van der Waals surface area contributed by atoms with Crippen LogP contribution in [0.4, 0.5) is 0 Å². The number of rotatable bonds is 6. The molecule has 0 saturated heterocycles. The Kier molecular flexibility index (Phi) is 3.93. The number of hydrogen-bond acceptors (Lipinski definition) is 4. The molecule has 92 valence electrons. The van der Waals surface area contributed by atoms with Gasteiger partial charge in [0.1, 0.15) is 5.82 Å². The van der Waals surface area contributed by atoms with Crippen molar-refractivity contribution in [1.29, 1.82) is 0 Å². The normalized spacial score (nSPS) is 10.9. The molecule has 2 aromatic heterocycles. The SMILES string of the molecule is COc1ccc2[nH]c(CCCCCN)nc2n1. The summed E-state index contributed by atoms with van der Waals surface area (Å²) in [7, 11) is 1.61. The molecule has 0 fully saturated rings. The number of aryl methyl sites for hydroxylation is 1. The Morgan fingerprint density at radius 1 is 1.24 bits per heavy atom. The predicted octanol–water partition coefficient (Wildman–Crippen LogP) is 1.64. The second kappa shape index (κ2) is 5.63. The molecule has 0 aliphatic rings. The number of fused-ring (bicyclic) bond motifs is 1. The molecule has 0 spiro atoms. The second-order valence-electron chi connectivity index (χ2n) is 4.01. The topological polar surface area (TPSA) is 76.8 Å². The van der Waals surface area contributed by atoms with Crippen molar-refractivity contribution in [1.82, 2.24) is 15.0 Å². The van der Waals surface area contributed by atoms with E-state index < -0.39 is 0 Å². The maximum absolute atomic E-state index is 5.45. The van der Waals surface area contributed by atoms with Gasteiger partial charge in [-0.25, -0.2) is 4.98 Å². The Morgan fingerprint density at radius 2 is 2.12 bits per heavy atom. The molecule has 17 heavy (non-hydrogen) atoms. The lowest BCUT2D eigenvalue weighted by atomic mass is 10.2. The highest BCUT2D eigenvalue weighted by atomic mass is 16.5. The van der Waals surface area contributed by atoms with Crippen LogP contribution in [0.3, 0.4) is 0 Å². The molecule has 0 unspecified atom stereocenters. The number of aromatic amines is 1. The molecule has 0 aliphatic heterocycles. The van der Waals surface area contributed by atoms with Crippen molar-refractivity contribution in [2.75, 3.05) is 13.7 Å². The highest BCUT2D eigenvalue weighted by Gasteiger charge is 2.04. The molecule has 0 saturated carbocycles. The smallest absolute Gasteiger partial charge is 0.215 e. The maximum atomic E-state index is 5.45. The number of methoxy groups -OCH3 is 1. The van der Waals surface area contributed by atoms with E-state index in [0.29, 0.717) is 5.88 Å². The zero-order chi connectivity index (χ0) is 12.1. The predicted molar refractivity (Wildman–Crippen MR) is 67.1 cm³/mol. The summed E-state index contributed by atoms with van der Waals surface area (Å²) in [6.07, 6.45) is 4.27. The van der Waals surface area contributed by atoms with Crippen LogP contribution in [-0.2, 0) is 6.42 Å². The van der Waals surface area contributed by atoms with Crippen molar-refractivity contribution in [3.63, 3.8) is 0 Å². The molecular weight excluding hydrogens is 216 g/mol. The minimum Gasteiger partial charge on any atom is -0.481 e. The summed E-state index contributed by atoms with van der Waals surface area (Å²) in [4.78, 5) is 12.0. The average molecular weight is 234 g/mol. The third-order valence-corrected chi connectivity index (χ3v) is 2.70. The van der Waals surface area contributed by atoms with Gasteiger partial charge in [-0.15, -0.1) is 0 Å². The molecule has 2 rings (SSSR count). The highest BCUT2D eigenvalue weighted by molar-refractivity contribution is 5.71. The Morgan fingerprint density at radius 3 is 2.88 bits per heavy atom. The highest BCUT2D eigenvalue weighted by Crippen LogP contribution is 2.15. The molecule has 0 bridgehead atoms. The van der Waals surface area contributed by atoms with Crippen molar-refractivity contribution in [2.45, 2.75) is 25.7 Å². The fourth-order valence-corrected chi connectivity index (χ4v) is 1.77. The standard InChI is InChI=1S/C12H18N4O/c1-17-11-7-6-9-12(16-11)15-10(14-9)5-3-2-4-8-13/h6-7H,2-5,8,13H2,1H3,(H,14,15,16). The van der Waals surface area contributed by atoms with E-state index in [1.54, 1.807) is 7.11 Å². The lowest BCUT2D eigenvalue weighted by molar-refractivity contribution is 0.399. The average Bonchev–Trinajstić information content (AvgIpc) is 2.76. The number of imidazole rings is 1. The van der Waals surface area contributed by atoms with E-state index in [9.17, 15) is 0 Å². The number of hydrogen-bond donors (Lipinski definition) is 2. The molecule has 5 heteroatoms. The summed E-state index contributed by atoms with van der Waals surface area (Å²) in [6.45, 7) is 0.763. The first-order chi connectivity index (χ1) is 8.33. The van der Waals surface area contributed by atoms with Gasteiger partial charge in [-0.1, -0.05) is 6.42 Å². The fraction of sp³-hybridized carbons (Fsp3) is 0.500. The molecule has 3 N–H and O–H groups in total. The summed E-state index contributed by atoms with van der Waals surface area (Å²) < 4.78 is 5.07. The minimum atomic E-state index is 0.596. The van der Waals surface area contributed by atoms with Crippen LogP contribution in [0.15, 0.2) is 12.1 Å². The molecule has 0 amide bonds. The van der Waals surface area contributed by atoms with Crippen LogP contribution in [0.5, 0.6) is 5.88 Å². The van der Waals surface area contributed by atoms with Gasteiger partial charge >= 0.3 is 0 Å². The number of H-pyrrole nitrogens is 1. The van der Waals surface area contributed by atoms with Crippen molar-refractivity contribution in [3.8, 4) is 5.88 Å². The Labute approximate surface area is 100 Å². The first-order valence-electron chi connectivity index (χ1n) is 5.93. The molecule has 2 heterocycles. The van der Waals surface area contributed by atoms with E-state index in [1.165, 1.54) is 0 Å². The quantitative estimate of drug-likeness (QED) is 0.745. The third-order valence-electron chi connectivity index (χ3n) is 2.70. The lowest BCUT2D eigenvalue weighted by Gasteiger charge is -1.95. The van der Waals surface area contributed by atoms with Crippen LogP contribution >= 0.6 is 0 Å². The van der Waals surface area contributed by atoms with Crippen molar-refractivity contribution in [3.05, 3.63) is 18.0 Å². The third kappa shape index (κ3) is 2.94. The van der Waals surface area contributed by atoms with Gasteiger partial charge in [0.05, 0.1) is 12.6 Å². The van der Waals surface area contributed by atoms with Crippen LogP contribution in [0.25, 0.3) is 11.2 Å². The zero-order valence-corrected chi connectivity index (χ0v) is 10.1. The number of aromatic nitrogens is 3.